The quantitative estimate of drug-likeness (QED) is 0.733. The Kier molecular flexibility index (Phi) is 2.17. The summed E-state index contributed by atoms with van der Waals surface area (Å²) >= 11 is 0. The minimum atomic E-state index is -3.76. The Labute approximate surface area is 86.7 Å². The topological polar surface area (TPSA) is 89.6 Å². The summed E-state index contributed by atoms with van der Waals surface area (Å²) in [6.45, 7) is 0. The van der Waals surface area contributed by atoms with Crippen LogP contribution in [0.4, 0.5) is 0 Å². The van der Waals surface area contributed by atoms with E-state index in [2.05, 4.69) is 4.99 Å². The van der Waals surface area contributed by atoms with E-state index < -0.39 is 15.9 Å². The number of sulfonamides is 1. The first-order valence-electron chi connectivity index (χ1n) is 4.21. The third-order valence-electron chi connectivity index (χ3n) is 2.16. The van der Waals surface area contributed by atoms with Gasteiger partial charge < -0.3 is 0 Å². The zero-order valence-electron chi connectivity index (χ0n) is 7.67. The van der Waals surface area contributed by atoms with E-state index in [9.17, 15) is 13.2 Å². The molecule has 1 heterocycles. The average Bonchev–Trinajstić information content (AvgIpc) is 2.16. The van der Waals surface area contributed by atoms with Crippen molar-refractivity contribution >= 4 is 22.1 Å². The molecule has 0 aromatic heterocycles. The van der Waals surface area contributed by atoms with Crippen LogP contribution in [0.25, 0.3) is 0 Å². The van der Waals surface area contributed by atoms with E-state index >= 15 is 0 Å². The molecule has 0 radical (unpaired) electrons. The first-order valence-corrected chi connectivity index (χ1v) is 5.76. The molecule has 15 heavy (non-hydrogen) atoms. The average molecular weight is 224 g/mol. The molecule has 1 aliphatic rings. The second-order valence-corrected chi connectivity index (χ2v) is 4.75. The molecule has 6 heteroatoms. The maximum Gasteiger partial charge on any atom is 0.276 e. The van der Waals surface area contributed by atoms with Gasteiger partial charge in [-0.25, -0.2) is 18.5 Å². The standard InChI is InChI=1S/C9H8N2O3S/c10-15(13,14)7-2-1-6-3-4-11-9(12)8(6)5-7/h1-2,4-5H,3H2,(H2,10,13,14). The molecular weight excluding hydrogens is 216 g/mol. The fourth-order valence-electron chi connectivity index (χ4n) is 1.41. The summed E-state index contributed by atoms with van der Waals surface area (Å²) in [5.74, 6) is -0.429. The highest BCUT2D eigenvalue weighted by Gasteiger charge is 2.17. The SMILES string of the molecule is NS(=O)(=O)c1ccc2c(c1)C(=O)N=CC2. The highest BCUT2D eigenvalue weighted by Crippen LogP contribution is 2.18. The summed E-state index contributed by atoms with van der Waals surface area (Å²) in [6.07, 6.45) is 2.03. The van der Waals surface area contributed by atoms with Gasteiger partial charge in [0.1, 0.15) is 0 Å². The maximum atomic E-state index is 11.3. The van der Waals surface area contributed by atoms with Gasteiger partial charge >= 0.3 is 0 Å². The number of nitrogens with two attached hydrogens (primary N) is 1. The first-order chi connectivity index (χ1) is 6.98. The molecule has 0 unspecified atom stereocenters. The molecule has 1 amide bonds. The normalized spacial score (nSPS) is 15.1. The van der Waals surface area contributed by atoms with Gasteiger partial charge in [0.15, 0.2) is 0 Å². The van der Waals surface area contributed by atoms with Crippen LogP contribution in [-0.4, -0.2) is 20.5 Å². The van der Waals surface area contributed by atoms with E-state index in [-0.39, 0.29) is 4.90 Å². The second-order valence-electron chi connectivity index (χ2n) is 3.18. The lowest BCUT2D eigenvalue weighted by Gasteiger charge is -2.09. The predicted molar refractivity (Wildman–Crippen MR) is 54.3 cm³/mol. The predicted octanol–water partition coefficient (Wildman–Crippen LogP) is 0.101. The van der Waals surface area contributed by atoms with Crippen molar-refractivity contribution in [3.63, 3.8) is 0 Å². The Morgan fingerprint density at radius 2 is 2.07 bits per heavy atom. The van der Waals surface area contributed by atoms with Crippen LogP contribution in [0.3, 0.4) is 0 Å². The van der Waals surface area contributed by atoms with Gasteiger partial charge in [-0.1, -0.05) is 6.07 Å². The van der Waals surface area contributed by atoms with E-state index in [1.54, 1.807) is 6.07 Å². The van der Waals surface area contributed by atoms with E-state index in [4.69, 9.17) is 5.14 Å². The smallest absolute Gasteiger partial charge is 0.267 e. The van der Waals surface area contributed by atoms with Gasteiger partial charge in [-0.05, 0) is 17.7 Å². The lowest BCUT2D eigenvalue weighted by molar-refractivity contribution is 0.100. The lowest BCUT2D eigenvalue weighted by Crippen LogP contribution is -2.15. The molecule has 1 aliphatic heterocycles. The number of carbonyl (C=O) groups is 1. The number of primary sulfonamides is 1. The Bertz CT molecular complexity index is 561. The summed E-state index contributed by atoms with van der Waals surface area (Å²) < 4.78 is 22.1. The monoisotopic (exact) mass is 224 g/mol. The van der Waals surface area contributed by atoms with Crippen LogP contribution < -0.4 is 5.14 Å². The number of benzene rings is 1. The second kappa shape index (κ2) is 3.25. The van der Waals surface area contributed by atoms with Gasteiger partial charge in [0.25, 0.3) is 5.91 Å². The largest absolute Gasteiger partial charge is 0.276 e. The number of hydrogen-bond donors (Lipinski definition) is 1. The molecule has 5 nitrogen and oxygen atoms in total. The molecule has 0 bridgehead atoms. The summed E-state index contributed by atoms with van der Waals surface area (Å²) in [4.78, 5) is 14.9. The Balaban J connectivity index is 2.62. The summed E-state index contributed by atoms with van der Waals surface area (Å²) in [5, 5.41) is 4.96. The Morgan fingerprint density at radius 1 is 1.33 bits per heavy atom. The Hall–Kier alpha value is -1.53. The molecule has 0 fully saturated rings. The maximum absolute atomic E-state index is 11.3. The highest BCUT2D eigenvalue weighted by atomic mass is 32.2. The number of nitrogens with zero attached hydrogens (tertiary/aromatic N) is 1. The molecule has 0 saturated heterocycles. The van der Waals surface area contributed by atoms with Crippen molar-refractivity contribution in [3.05, 3.63) is 29.3 Å². The van der Waals surface area contributed by atoms with Crippen molar-refractivity contribution in [2.45, 2.75) is 11.3 Å². The number of hydrogen-bond acceptors (Lipinski definition) is 3. The third kappa shape index (κ3) is 1.81. The highest BCUT2D eigenvalue weighted by molar-refractivity contribution is 7.89. The lowest BCUT2D eigenvalue weighted by atomic mass is 10.0. The van der Waals surface area contributed by atoms with E-state index in [0.29, 0.717) is 12.0 Å². The zero-order chi connectivity index (χ0) is 11.1. The van der Waals surface area contributed by atoms with E-state index in [0.717, 1.165) is 5.56 Å². The van der Waals surface area contributed by atoms with Crippen LogP contribution >= 0.6 is 0 Å². The van der Waals surface area contributed by atoms with Crippen molar-refractivity contribution in [3.8, 4) is 0 Å². The summed E-state index contributed by atoms with van der Waals surface area (Å²) in [7, 11) is -3.76. The summed E-state index contributed by atoms with van der Waals surface area (Å²) in [6, 6.07) is 4.24. The molecule has 78 valence electrons. The van der Waals surface area contributed by atoms with Gasteiger partial charge in [0, 0.05) is 18.2 Å². The van der Waals surface area contributed by atoms with Crippen LogP contribution in [0.1, 0.15) is 15.9 Å². The minimum Gasteiger partial charge on any atom is -0.267 e. The molecule has 2 rings (SSSR count). The van der Waals surface area contributed by atoms with Crippen molar-refractivity contribution in [1.29, 1.82) is 0 Å². The molecule has 1 aromatic rings. The molecule has 0 saturated carbocycles. The fraction of sp³-hybridized carbons (Fsp3) is 0.111. The van der Waals surface area contributed by atoms with Crippen LogP contribution in [0, 0.1) is 0 Å². The molecule has 2 N–H and O–H groups in total. The molecule has 0 atom stereocenters. The van der Waals surface area contributed by atoms with Crippen molar-refractivity contribution < 1.29 is 13.2 Å². The number of amides is 1. The van der Waals surface area contributed by atoms with E-state index in [1.807, 2.05) is 0 Å². The third-order valence-corrected chi connectivity index (χ3v) is 3.07. The Morgan fingerprint density at radius 3 is 2.73 bits per heavy atom. The van der Waals surface area contributed by atoms with Gasteiger partial charge in [0.2, 0.25) is 10.0 Å². The van der Waals surface area contributed by atoms with Crippen LogP contribution in [0.2, 0.25) is 0 Å². The number of carbonyl (C=O) groups excluding carboxylic acids is 1. The van der Waals surface area contributed by atoms with Gasteiger partial charge in [-0.3, -0.25) is 4.79 Å². The van der Waals surface area contributed by atoms with Crippen molar-refractivity contribution in [2.24, 2.45) is 10.1 Å². The van der Waals surface area contributed by atoms with E-state index in [1.165, 1.54) is 18.3 Å². The molecule has 1 aromatic carbocycles. The number of aliphatic imine (C=N–C) groups is 1. The molecular formula is C9H8N2O3S. The van der Waals surface area contributed by atoms with Gasteiger partial charge in [-0.15, -0.1) is 0 Å². The van der Waals surface area contributed by atoms with Gasteiger partial charge in [0.05, 0.1) is 4.90 Å². The first kappa shape index (κ1) is 10.0. The van der Waals surface area contributed by atoms with Crippen LogP contribution in [0.15, 0.2) is 28.1 Å². The molecule has 0 spiro atoms. The minimum absolute atomic E-state index is 0.0632. The van der Waals surface area contributed by atoms with Crippen LogP contribution in [-0.2, 0) is 16.4 Å². The fourth-order valence-corrected chi connectivity index (χ4v) is 1.95. The number of rotatable bonds is 1. The summed E-state index contributed by atoms with van der Waals surface area (Å²) in [5.41, 5.74) is 1.08. The van der Waals surface area contributed by atoms with Crippen molar-refractivity contribution in [2.75, 3.05) is 0 Å². The van der Waals surface area contributed by atoms with Crippen LogP contribution in [0.5, 0.6) is 0 Å². The zero-order valence-corrected chi connectivity index (χ0v) is 8.49. The van der Waals surface area contributed by atoms with Crippen molar-refractivity contribution in [1.82, 2.24) is 0 Å². The van der Waals surface area contributed by atoms with Gasteiger partial charge in [-0.2, -0.15) is 0 Å². The number of fused-ring (bicyclic) bond motifs is 1. The molecule has 0 aliphatic carbocycles.